The zero-order valence-electron chi connectivity index (χ0n) is 13.5. The third-order valence-electron chi connectivity index (χ3n) is 3.48. The molecule has 24 heavy (non-hydrogen) atoms. The molecule has 0 saturated carbocycles. The molecule has 0 atom stereocenters. The van der Waals surface area contributed by atoms with Crippen LogP contribution in [-0.2, 0) is 4.79 Å². The Labute approximate surface area is 146 Å². The number of methoxy groups -OCH3 is 1. The molecule has 1 amide bonds. The van der Waals surface area contributed by atoms with E-state index in [0.717, 1.165) is 5.69 Å². The van der Waals surface area contributed by atoms with Gasteiger partial charge in [-0.15, -0.1) is 0 Å². The number of benzene rings is 2. The van der Waals surface area contributed by atoms with Gasteiger partial charge in [-0.3, -0.25) is 4.79 Å². The van der Waals surface area contributed by atoms with E-state index >= 15 is 0 Å². The summed E-state index contributed by atoms with van der Waals surface area (Å²) in [4.78, 5) is 14.3. The smallest absolute Gasteiger partial charge is 0.243 e. The second-order valence-electron chi connectivity index (χ2n) is 5.23. The monoisotopic (exact) mass is 348 g/mol. The van der Waals surface area contributed by atoms with Gasteiger partial charge in [0.05, 0.1) is 19.3 Å². The minimum absolute atomic E-state index is 0.0765. The number of nitrogens with zero attached hydrogens (tertiary/aromatic N) is 1. The molecule has 2 N–H and O–H groups in total. The summed E-state index contributed by atoms with van der Waals surface area (Å²) in [6.07, 6.45) is 0.586. The Morgan fingerprint density at radius 1 is 1.25 bits per heavy atom. The number of rotatable bonds is 8. The molecule has 0 aromatic heterocycles. The van der Waals surface area contributed by atoms with Gasteiger partial charge in [-0.2, -0.15) is 0 Å². The number of hydrogen-bond acceptors (Lipinski definition) is 4. The van der Waals surface area contributed by atoms with E-state index in [-0.39, 0.29) is 19.1 Å². The number of halogens is 1. The molecule has 2 rings (SSSR count). The van der Waals surface area contributed by atoms with Crippen LogP contribution in [0.2, 0.25) is 5.02 Å². The number of amides is 1. The molecule has 2 aromatic carbocycles. The molecule has 0 saturated heterocycles. The number of hydrogen-bond donors (Lipinski definition) is 2. The standard InChI is InChI=1S/C18H21ClN2O3/c1-24-17-9-8-14(19)12-16(17)20-18(23)13-21(10-5-11-22)15-6-3-2-4-7-15/h2-4,6-9,12,22H,5,10-11,13H2,1H3,(H,20,23). The summed E-state index contributed by atoms with van der Waals surface area (Å²) in [5, 5.41) is 12.4. The molecule has 5 nitrogen and oxygen atoms in total. The van der Waals surface area contributed by atoms with Crippen molar-refractivity contribution in [1.29, 1.82) is 0 Å². The third kappa shape index (κ3) is 5.15. The van der Waals surface area contributed by atoms with Gasteiger partial charge in [-0.1, -0.05) is 29.8 Å². The molecule has 0 bridgehead atoms. The highest BCUT2D eigenvalue weighted by molar-refractivity contribution is 6.31. The first-order valence-electron chi connectivity index (χ1n) is 7.68. The molecule has 128 valence electrons. The van der Waals surface area contributed by atoms with Crippen molar-refractivity contribution in [2.24, 2.45) is 0 Å². The van der Waals surface area contributed by atoms with Gasteiger partial charge in [0, 0.05) is 23.9 Å². The molecular weight excluding hydrogens is 328 g/mol. The Balaban J connectivity index is 2.09. The lowest BCUT2D eigenvalue weighted by Crippen LogP contribution is -2.34. The fourth-order valence-electron chi connectivity index (χ4n) is 2.34. The number of nitrogens with one attached hydrogen (secondary N) is 1. The first-order chi connectivity index (χ1) is 11.6. The molecule has 0 fully saturated rings. The third-order valence-corrected chi connectivity index (χ3v) is 3.71. The Bertz CT molecular complexity index is 665. The van der Waals surface area contributed by atoms with Crippen LogP contribution in [0.4, 0.5) is 11.4 Å². The summed E-state index contributed by atoms with van der Waals surface area (Å²) in [6, 6.07) is 14.7. The van der Waals surface area contributed by atoms with Gasteiger partial charge in [0.25, 0.3) is 0 Å². The molecule has 0 unspecified atom stereocenters. The zero-order valence-corrected chi connectivity index (χ0v) is 14.3. The molecular formula is C18H21ClN2O3. The van der Waals surface area contributed by atoms with Crippen molar-refractivity contribution in [3.05, 3.63) is 53.6 Å². The van der Waals surface area contributed by atoms with Crippen molar-refractivity contribution in [2.45, 2.75) is 6.42 Å². The second-order valence-corrected chi connectivity index (χ2v) is 5.66. The largest absolute Gasteiger partial charge is 0.495 e. The number of anilines is 2. The highest BCUT2D eigenvalue weighted by Gasteiger charge is 2.13. The summed E-state index contributed by atoms with van der Waals surface area (Å²) in [5.41, 5.74) is 1.46. The lowest BCUT2D eigenvalue weighted by atomic mass is 10.2. The van der Waals surface area contributed by atoms with Crippen LogP contribution in [-0.4, -0.2) is 37.8 Å². The van der Waals surface area contributed by atoms with Crippen LogP contribution >= 0.6 is 11.6 Å². The minimum Gasteiger partial charge on any atom is -0.495 e. The maximum atomic E-state index is 12.4. The van der Waals surface area contributed by atoms with Crippen molar-refractivity contribution in [2.75, 3.05) is 37.0 Å². The van der Waals surface area contributed by atoms with Crippen molar-refractivity contribution < 1.29 is 14.6 Å². The average Bonchev–Trinajstić information content (AvgIpc) is 2.59. The summed E-state index contributed by atoms with van der Waals surface area (Å²) in [6.45, 7) is 0.827. The van der Waals surface area contributed by atoms with Crippen LogP contribution in [0.1, 0.15) is 6.42 Å². The number of ether oxygens (including phenoxy) is 1. The number of aliphatic hydroxyl groups is 1. The van der Waals surface area contributed by atoms with Gasteiger partial charge >= 0.3 is 0 Å². The predicted octanol–water partition coefficient (Wildman–Crippen LogP) is 3.18. The van der Waals surface area contributed by atoms with Crippen LogP contribution in [0.5, 0.6) is 5.75 Å². The Kier molecular flexibility index (Phi) is 6.90. The molecule has 0 heterocycles. The Morgan fingerprint density at radius 3 is 2.67 bits per heavy atom. The summed E-state index contributed by atoms with van der Waals surface area (Å²) in [7, 11) is 1.54. The molecule has 0 aliphatic carbocycles. The van der Waals surface area contributed by atoms with Gasteiger partial charge in [-0.25, -0.2) is 0 Å². The van der Waals surface area contributed by atoms with Crippen molar-refractivity contribution in [1.82, 2.24) is 0 Å². The number of para-hydroxylation sites is 1. The second kappa shape index (κ2) is 9.15. The SMILES string of the molecule is COc1ccc(Cl)cc1NC(=O)CN(CCCO)c1ccccc1. The number of carbonyl (C=O) groups excluding carboxylic acids is 1. The van der Waals surface area contributed by atoms with Crippen molar-refractivity contribution in [3.8, 4) is 5.75 Å². The molecule has 0 aliphatic heterocycles. The Hall–Kier alpha value is -2.24. The van der Waals surface area contributed by atoms with E-state index in [9.17, 15) is 4.79 Å². The minimum atomic E-state index is -0.183. The van der Waals surface area contributed by atoms with Gasteiger partial charge in [0.2, 0.25) is 5.91 Å². The first-order valence-corrected chi connectivity index (χ1v) is 8.06. The highest BCUT2D eigenvalue weighted by atomic mass is 35.5. The maximum absolute atomic E-state index is 12.4. The van der Waals surface area contributed by atoms with E-state index in [2.05, 4.69) is 5.32 Å². The van der Waals surface area contributed by atoms with Crippen LogP contribution < -0.4 is 15.0 Å². The van der Waals surface area contributed by atoms with Gasteiger partial charge in [0.15, 0.2) is 0 Å². The van der Waals surface area contributed by atoms with Crippen LogP contribution in [0.25, 0.3) is 0 Å². The fourth-order valence-corrected chi connectivity index (χ4v) is 2.51. The van der Waals surface area contributed by atoms with E-state index in [1.165, 1.54) is 7.11 Å². The Morgan fingerprint density at radius 2 is 2.00 bits per heavy atom. The van der Waals surface area contributed by atoms with E-state index in [1.807, 2.05) is 35.2 Å². The maximum Gasteiger partial charge on any atom is 0.243 e. The lowest BCUT2D eigenvalue weighted by Gasteiger charge is -2.24. The molecule has 0 radical (unpaired) electrons. The first kappa shape index (κ1) is 18.1. The van der Waals surface area contributed by atoms with Gasteiger partial charge in [0.1, 0.15) is 5.75 Å². The fraction of sp³-hybridized carbons (Fsp3) is 0.278. The van der Waals surface area contributed by atoms with Crippen LogP contribution in [0.3, 0.4) is 0 Å². The van der Waals surface area contributed by atoms with Gasteiger partial charge in [-0.05, 0) is 36.8 Å². The molecule has 0 spiro atoms. The summed E-state index contributed by atoms with van der Waals surface area (Å²) in [5.74, 6) is 0.367. The number of aliphatic hydroxyl groups excluding tert-OH is 1. The normalized spacial score (nSPS) is 10.3. The van der Waals surface area contributed by atoms with Crippen LogP contribution in [0, 0.1) is 0 Å². The van der Waals surface area contributed by atoms with Crippen LogP contribution in [0.15, 0.2) is 48.5 Å². The summed E-state index contributed by atoms with van der Waals surface area (Å²) < 4.78 is 5.24. The predicted molar refractivity (Wildman–Crippen MR) is 97.0 cm³/mol. The van der Waals surface area contributed by atoms with E-state index in [1.54, 1.807) is 18.2 Å². The highest BCUT2D eigenvalue weighted by Crippen LogP contribution is 2.27. The van der Waals surface area contributed by atoms with E-state index < -0.39 is 0 Å². The quantitative estimate of drug-likeness (QED) is 0.769. The van der Waals surface area contributed by atoms with Crippen molar-refractivity contribution in [3.63, 3.8) is 0 Å². The topological polar surface area (TPSA) is 61.8 Å². The molecule has 6 heteroatoms. The molecule has 2 aromatic rings. The zero-order chi connectivity index (χ0) is 17.4. The summed E-state index contributed by atoms with van der Waals surface area (Å²) >= 11 is 5.98. The van der Waals surface area contributed by atoms with E-state index in [4.69, 9.17) is 21.4 Å². The van der Waals surface area contributed by atoms with E-state index in [0.29, 0.717) is 29.4 Å². The number of carbonyl (C=O) groups is 1. The molecule has 0 aliphatic rings. The van der Waals surface area contributed by atoms with Gasteiger partial charge < -0.3 is 20.1 Å². The average molecular weight is 349 g/mol. The van der Waals surface area contributed by atoms with Crippen molar-refractivity contribution >= 4 is 28.9 Å². The lowest BCUT2D eigenvalue weighted by molar-refractivity contribution is -0.115.